The molecule has 3 heterocycles. The average Bonchev–Trinajstić information content (AvgIpc) is 3.58. The molecule has 49 heavy (non-hydrogen) atoms. The Labute approximate surface area is 291 Å². The first-order valence-corrected chi connectivity index (χ1v) is 18.2. The van der Waals surface area contributed by atoms with Crippen molar-refractivity contribution in [3.05, 3.63) is 60.2 Å². The number of likely N-dealkylation sites (N-methyl/N-ethyl adjacent to an activating group) is 1. The zero-order chi connectivity index (χ0) is 34.7. The number of nitrogens with zero attached hydrogens (tertiary/aromatic N) is 6. The quantitative estimate of drug-likeness (QED) is 0.227. The summed E-state index contributed by atoms with van der Waals surface area (Å²) >= 11 is 0. The molecule has 0 unspecified atom stereocenters. The van der Waals surface area contributed by atoms with E-state index in [9.17, 15) is 9.59 Å². The number of hydrogen-bond donors (Lipinski definition) is 0. The van der Waals surface area contributed by atoms with Crippen LogP contribution in [0.2, 0.25) is 0 Å². The van der Waals surface area contributed by atoms with Crippen molar-refractivity contribution in [1.82, 2.24) is 24.6 Å². The summed E-state index contributed by atoms with van der Waals surface area (Å²) in [6.07, 6.45) is 10.7. The zero-order valence-electron chi connectivity index (χ0n) is 30.2. The molecule has 2 aromatic heterocycles. The van der Waals surface area contributed by atoms with E-state index in [2.05, 4.69) is 65.3 Å². The van der Waals surface area contributed by atoms with Gasteiger partial charge in [-0.15, -0.1) is 0 Å². The van der Waals surface area contributed by atoms with Gasteiger partial charge in [-0.2, -0.15) is 5.10 Å². The number of pyridine rings is 1. The fourth-order valence-corrected chi connectivity index (χ4v) is 7.65. The zero-order valence-corrected chi connectivity index (χ0v) is 30.2. The van der Waals surface area contributed by atoms with Gasteiger partial charge in [0.05, 0.1) is 19.0 Å². The Balaban J connectivity index is 1.13. The summed E-state index contributed by atoms with van der Waals surface area (Å²) in [6, 6.07) is 13.2. The van der Waals surface area contributed by atoms with E-state index in [1.54, 1.807) is 12.0 Å². The molecule has 0 N–H and O–H groups in total. The van der Waals surface area contributed by atoms with E-state index in [1.165, 1.54) is 0 Å². The number of likely N-dealkylation sites (tertiary alicyclic amines) is 1. The maximum Gasteiger partial charge on any atom is 0.410 e. The minimum atomic E-state index is -0.220. The van der Waals surface area contributed by atoms with Gasteiger partial charge in [0.2, 0.25) is 5.91 Å². The lowest BCUT2D eigenvalue weighted by Crippen LogP contribution is -2.59. The summed E-state index contributed by atoms with van der Waals surface area (Å²) in [5, 5.41) is 4.56. The molecule has 3 aromatic rings. The number of aryl methyl sites for hydroxylation is 1. The fraction of sp³-hybridized carbons (Fsp3) is 0.590. The van der Waals surface area contributed by atoms with Crippen LogP contribution in [0.5, 0.6) is 5.75 Å². The topological polar surface area (TPSA) is 93.0 Å². The van der Waals surface area contributed by atoms with Crippen LogP contribution in [0.3, 0.4) is 0 Å². The van der Waals surface area contributed by atoms with E-state index in [1.807, 2.05) is 38.0 Å². The van der Waals surface area contributed by atoms with Crippen molar-refractivity contribution in [2.75, 3.05) is 45.7 Å². The SMILES string of the molecule is COc1ccc([C@H]2CC[C@H](CN(c3cccc(-c4cnn(C(C)C)c4)c3)C(=O)[C@H]3CC[C@H](OC(=O)N4CC(N(C)C)C4)CC3)CC2)nc1C. The second kappa shape index (κ2) is 15.3. The van der Waals surface area contributed by atoms with Crippen LogP contribution < -0.4 is 9.64 Å². The van der Waals surface area contributed by atoms with Gasteiger partial charge >= 0.3 is 6.09 Å². The Morgan fingerprint density at radius 2 is 1.69 bits per heavy atom. The predicted molar refractivity (Wildman–Crippen MR) is 192 cm³/mol. The van der Waals surface area contributed by atoms with Gasteiger partial charge in [-0.25, -0.2) is 4.79 Å². The largest absolute Gasteiger partial charge is 0.495 e. The van der Waals surface area contributed by atoms with E-state index >= 15 is 0 Å². The lowest BCUT2D eigenvalue weighted by Gasteiger charge is -2.42. The van der Waals surface area contributed by atoms with Crippen molar-refractivity contribution < 1.29 is 19.1 Å². The van der Waals surface area contributed by atoms with E-state index in [-0.39, 0.29) is 30.1 Å². The van der Waals surface area contributed by atoms with Crippen molar-refractivity contribution in [1.29, 1.82) is 0 Å². The standard InChI is InChI=1S/C39H54N6O4/c1-26(2)45-23-32(21-40-45)31-8-7-9-33(20-31)44(22-28-10-12-29(13-11-28)36-18-19-37(48-6)27(3)41-36)38(46)30-14-16-35(17-15-30)49-39(47)43-24-34(25-43)42(4)5/h7-9,18-21,23,26,28-30,34-35H,10-17,22,24-25H2,1-6H3/t28-,29-,30-,35-. The molecule has 10 nitrogen and oxygen atoms in total. The number of ether oxygens (including phenoxy) is 2. The Hall–Kier alpha value is -3.92. The summed E-state index contributed by atoms with van der Waals surface area (Å²) in [5.74, 6) is 1.76. The number of aromatic nitrogens is 3. The third-order valence-corrected chi connectivity index (χ3v) is 11.0. The van der Waals surface area contributed by atoms with Gasteiger partial charge in [-0.3, -0.25) is 14.5 Å². The third-order valence-electron chi connectivity index (χ3n) is 11.0. The van der Waals surface area contributed by atoms with Crippen LogP contribution in [-0.4, -0.2) is 89.5 Å². The van der Waals surface area contributed by atoms with Crippen LogP contribution in [0.25, 0.3) is 11.1 Å². The van der Waals surface area contributed by atoms with Gasteiger partial charge in [0.25, 0.3) is 0 Å². The number of anilines is 1. The smallest absolute Gasteiger partial charge is 0.410 e. The molecule has 10 heteroatoms. The normalized spacial score (nSPS) is 23.0. The maximum atomic E-state index is 14.5. The predicted octanol–water partition coefficient (Wildman–Crippen LogP) is 7.09. The van der Waals surface area contributed by atoms with Crippen LogP contribution in [0.4, 0.5) is 10.5 Å². The van der Waals surface area contributed by atoms with Crippen molar-refractivity contribution >= 4 is 17.7 Å². The van der Waals surface area contributed by atoms with Crippen molar-refractivity contribution in [2.24, 2.45) is 11.8 Å². The van der Waals surface area contributed by atoms with E-state index in [4.69, 9.17) is 14.5 Å². The maximum absolute atomic E-state index is 14.5. The molecule has 0 atom stereocenters. The monoisotopic (exact) mass is 670 g/mol. The molecule has 1 saturated heterocycles. The highest BCUT2D eigenvalue weighted by atomic mass is 16.6. The van der Waals surface area contributed by atoms with Gasteiger partial charge < -0.3 is 24.2 Å². The summed E-state index contributed by atoms with van der Waals surface area (Å²) in [4.78, 5) is 38.0. The van der Waals surface area contributed by atoms with Crippen LogP contribution in [-0.2, 0) is 9.53 Å². The van der Waals surface area contributed by atoms with Crippen LogP contribution >= 0.6 is 0 Å². The molecule has 0 bridgehead atoms. The second-order valence-corrected chi connectivity index (χ2v) is 14.9. The van der Waals surface area contributed by atoms with Gasteiger partial charge in [0.1, 0.15) is 11.9 Å². The molecular formula is C39H54N6O4. The van der Waals surface area contributed by atoms with Gasteiger partial charge in [-0.1, -0.05) is 12.1 Å². The molecule has 1 aliphatic heterocycles. The first-order chi connectivity index (χ1) is 23.6. The molecule has 2 amide bonds. The number of carbonyl (C=O) groups excluding carboxylic acids is 2. The van der Waals surface area contributed by atoms with Crippen LogP contribution in [0, 0.1) is 18.8 Å². The van der Waals surface area contributed by atoms with E-state index in [0.717, 1.165) is 85.3 Å². The molecule has 2 saturated carbocycles. The Morgan fingerprint density at radius 3 is 2.33 bits per heavy atom. The molecule has 0 spiro atoms. The third kappa shape index (κ3) is 8.11. The molecule has 6 rings (SSSR count). The highest BCUT2D eigenvalue weighted by Gasteiger charge is 2.37. The Kier molecular flexibility index (Phi) is 10.9. The number of carbonyl (C=O) groups is 2. The Bertz CT molecular complexity index is 1580. The number of amides is 2. The number of methoxy groups -OCH3 is 1. The molecule has 2 aliphatic carbocycles. The highest BCUT2D eigenvalue weighted by molar-refractivity contribution is 5.95. The summed E-state index contributed by atoms with van der Waals surface area (Å²) in [6.45, 7) is 8.37. The molecular weight excluding hydrogens is 616 g/mol. The lowest BCUT2D eigenvalue weighted by atomic mass is 9.79. The lowest BCUT2D eigenvalue weighted by molar-refractivity contribution is -0.124. The second-order valence-electron chi connectivity index (χ2n) is 14.9. The van der Waals surface area contributed by atoms with E-state index < -0.39 is 0 Å². The highest BCUT2D eigenvalue weighted by Crippen LogP contribution is 2.38. The molecule has 0 radical (unpaired) electrons. The molecule has 3 aliphatic rings. The number of hydrogen-bond acceptors (Lipinski definition) is 7. The van der Waals surface area contributed by atoms with Gasteiger partial charge in [-0.05, 0) is 122 Å². The minimum Gasteiger partial charge on any atom is -0.495 e. The first kappa shape index (κ1) is 34.9. The van der Waals surface area contributed by atoms with Crippen LogP contribution in [0.15, 0.2) is 48.8 Å². The van der Waals surface area contributed by atoms with Crippen molar-refractivity contribution in [2.45, 2.75) is 96.2 Å². The Morgan fingerprint density at radius 1 is 0.959 bits per heavy atom. The summed E-state index contributed by atoms with van der Waals surface area (Å²) < 4.78 is 13.3. The minimum absolute atomic E-state index is 0.0905. The van der Waals surface area contributed by atoms with Gasteiger partial charge in [0, 0.05) is 66.7 Å². The fourth-order valence-electron chi connectivity index (χ4n) is 7.65. The number of benzene rings is 1. The summed E-state index contributed by atoms with van der Waals surface area (Å²) in [7, 11) is 5.76. The molecule has 3 fully saturated rings. The van der Waals surface area contributed by atoms with Gasteiger partial charge in [0.15, 0.2) is 0 Å². The molecule has 1 aromatic carbocycles. The van der Waals surface area contributed by atoms with E-state index in [0.29, 0.717) is 37.5 Å². The van der Waals surface area contributed by atoms with Crippen molar-refractivity contribution in [3.63, 3.8) is 0 Å². The first-order valence-electron chi connectivity index (χ1n) is 18.2. The van der Waals surface area contributed by atoms with Crippen LogP contribution in [0.1, 0.15) is 88.6 Å². The molecule has 264 valence electrons. The summed E-state index contributed by atoms with van der Waals surface area (Å²) in [5.41, 5.74) is 5.12. The number of rotatable bonds is 10. The van der Waals surface area contributed by atoms with Crippen molar-refractivity contribution in [3.8, 4) is 16.9 Å². The average molecular weight is 671 g/mol.